The number of aliphatic hydroxyl groups is 1. The highest BCUT2D eigenvalue weighted by Crippen LogP contribution is 2.42. The highest BCUT2D eigenvalue weighted by molar-refractivity contribution is 7.80. The molecule has 0 saturated heterocycles. The van der Waals surface area contributed by atoms with Gasteiger partial charge in [-0.1, -0.05) is 67.4 Å². The largest absolute Gasteiger partial charge is 0.755 e. The quantitative estimate of drug-likeness (QED) is 0.304. The van der Waals surface area contributed by atoms with Crippen molar-refractivity contribution in [2.24, 2.45) is 0 Å². The van der Waals surface area contributed by atoms with Crippen molar-refractivity contribution in [2.75, 3.05) is 4.72 Å². The molecule has 0 spiro atoms. The van der Waals surface area contributed by atoms with Crippen molar-refractivity contribution in [3.05, 3.63) is 70.8 Å². The van der Waals surface area contributed by atoms with Crippen LogP contribution in [0.2, 0.25) is 5.15 Å². The van der Waals surface area contributed by atoms with Crippen LogP contribution in [0.15, 0.2) is 48.5 Å². The number of fused-ring (bicyclic) bond motifs is 1. The summed E-state index contributed by atoms with van der Waals surface area (Å²) in [5.74, 6) is 0.873. The molecule has 2 aromatic carbocycles. The topological polar surface area (TPSA) is 90.2 Å². The third kappa shape index (κ3) is 4.74. The van der Waals surface area contributed by atoms with Crippen LogP contribution >= 0.6 is 22.9 Å². The molecule has 1 atom stereocenters. The molecule has 4 aromatic rings. The fourth-order valence-corrected chi connectivity index (χ4v) is 5.62. The van der Waals surface area contributed by atoms with Crippen LogP contribution in [0.25, 0.3) is 21.2 Å². The molecule has 0 aliphatic carbocycles. The highest BCUT2D eigenvalue weighted by atomic mass is 35.5. The summed E-state index contributed by atoms with van der Waals surface area (Å²) in [5.41, 5.74) is 3.34. The van der Waals surface area contributed by atoms with Crippen LogP contribution in [0.1, 0.15) is 36.8 Å². The first-order valence-electron chi connectivity index (χ1n) is 10.3. The van der Waals surface area contributed by atoms with E-state index in [2.05, 4.69) is 16.6 Å². The number of benzene rings is 2. The third-order valence-electron chi connectivity index (χ3n) is 5.31. The summed E-state index contributed by atoms with van der Waals surface area (Å²) < 4.78 is 28.1. The zero-order valence-electron chi connectivity index (χ0n) is 17.5. The number of anilines is 1. The fourth-order valence-electron chi connectivity index (χ4n) is 3.76. The summed E-state index contributed by atoms with van der Waals surface area (Å²) in [6.45, 7) is 2.48. The predicted molar refractivity (Wildman–Crippen MR) is 131 cm³/mol. The average Bonchev–Trinajstić information content (AvgIpc) is 3.29. The summed E-state index contributed by atoms with van der Waals surface area (Å²) in [6.07, 6.45) is 2.85. The molecule has 0 amide bonds. The van der Waals surface area contributed by atoms with Gasteiger partial charge in [0, 0.05) is 33.3 Å². The molecule has 2 heterocycles. The monoisotopic (exact) mass is 488 g/mol. The van der Waals surface area contributed by atoms with E-state index in [1.54, 1.807) is 0 Å². The molecule has 0 aliphatic rings. The summed E-state index contributed by atoms with van der Waals surface area (Å²) in [4.78, 5) is 4.51. The number of nitrogens with one attached hydrogen (secondary N) is 1. The van der Waals surface area contributed by atoms with Crippen molar-refractivity contribution >= 4 is 49.3 Å². The van der Waals surface area contributed by atoms with Crippen LogP contribution in [0, 0.1) is 0 Å². The summed E-state index contributed by atoms with van der Waals surface area (Å²) in [6, 6.07) is 15.9. The minimum absolute atomic E-state index is 0.189. The lowest BCUT2D eigenvalue weighted by Gasteiger charge is -2.12. The maximum atomic E-state index is 11.3. The molecule has 0 bridgehead atoms. The van der Waals surface area contributed by atoms with E-state index >= 15 is 0 Å². The average molecular weight is 489 g/mol. The van der Waals surface area contributed by atoms with E-state index in [4.69, 9.17) is 11.6 Å². The van der Waals surface area contributed by atoms with Crippen LogP contribution in [0.4, 0.5) is 5.00 Å². The van der Waals surface area contributed by atoms with Gasteiger partial charge in [-0.25, -0.2) is 4.98 Å². The van der Waals surface area contributed by atoms with Crippen LogP contribution in [0.5, 0.6) is 0 Å². The van der Waals surface area contributed by atoms with Crippen LogP contribution in [-0.4, -0.2) is 23.4 Å². The molecule has 0 fully saturated rings. The lowest BCUT2D eigenvalue weighted by molar-refractivity contribution is 0.277. The number of nitrogens with zero attached hydrogens (tertiary/aromatic N) is 2. The third-order valence-corrected chi connectivity index (χ3v) is 7.32. The van der Waals surface area contributed by atoms with E-state index in [1.807, 2.05) is 53.1 Å². The molecule has 0 saturated carbocycles. The molecule has 4 rings (SSSR count). The number of hydrogen-bond acceptors (Lipinski definition) is 5. The fraction of sp³-hybridized carbons (Fsp3) is 0.261. The Hall–Kier alpha value is -2.23. The molecule has 168 valence electrons. The standard InChI is InChI=1S/C23H24ClN3O3S2/c1-2-3-8-20-25-18(14-28)22(24)27(20)13-15-9-11-16(12-10-15)21-17-6-4-5-7-19(17)31-23(21)26-32(29)30/h4-7,9-12,26,28H,2-3,8,13-14H2,1H3,(H,29,30)/p-1. The highest BCUT2D eigenvalue weighted by Gasteiger charge is 2.16. The second-order valence-corrected chi connectivity index (χ2v) is 9.53. The molecule has 9 heteroatoms. The van der Waals surface area contributed by atoms with Gasteiger partial charge >= 0.3 is 0 Å². The number of unbranched alkanes of at least 4 members (excludes halogenated alkanes) is 1. The Labute approximate surface area is 198 Å². The van der Waals surface area contributed by atoms with E-state index in [0.717, 1.165) is 51.9 Å². The smallest absolute Gasteiger partial charge is 0.134 e. The van der Waals surface area contributed by atoms with Crippen molar-refractivity contribution in [1.82, 2.24) is 9.55 Å². The number of imidazole rings is 1. The Morgan fingerprint density at radius 2 is 1.97 bits per heavy atom. The number of aryl methyl sites for hydroxylation is 1. The van der Waals surface area contributed by atoms with Gasteiger partial charge in [-0.2, -0.15) is 0 Å². The first kappa shape index (κ1) is 22.9. The number of halogens is 1. The van der Waals surface area contributed by atoms with Crippen LogP contribution in [0.3, 0.4) is 0 Å². The van der Waals surface area contributed by atoms with Gasteiger partial charge in [0.15, 0.2) is 0 Å². The molecule has 2 aromatic heterocycles. The van der Waals surface area contributed by atoms with Crippen molar-refractivity contribution in [1.29, 1.82) is 0 Å². The van der Waals surface area contributed by atoms with Gasteiger partial charge in [-0.05, 0) is 23.6 Å². The Kier molecular flexibility index (Phi) is 7.27. The van der Waals surface area contributed by atoms with Gasteiger partial charge in [0.1, 0.15) is 21.7 Å². The van der Waals surface area contributed by atoms with Gasteiger partial charge in [0.05, 0.1) is 13.2 Å². The van der Waals surface area contributed by atoms with Crippen LogP contribution in [-0.2, 0) is 30.8 Å². The van der Waals surface area contributed by atoms with Gasteiger partial charge in [0.25, 0.3) is 0 Å². The number of aliphatic hydroxyl groups excluding tert-OH is 1. The molecule has 0 radical (unpaired) electrons. The van der Waals surface area contributed by atoms with Crippen LogP contribution < -0.4 is 4.72 Å². The number of hydrogen-bond donors (Lipinski definition) is 2. The molecular weight excluding hydrogens is 466 g/mol. The van der Waals surface area contributed by atoms with E-state index in [9.17, 15) is 13.9 Å². The molecule has 1 unspecified atom stereocenters. The van der Waals surface area contributed by atoms with E-state index in [1.165, 1.54) is 11.3 Å². The lowest BCUT2D eigenvalue weighted by atomic mass is 10.0. The van der Waals surface area contributed by atoms with Crippen molar-refractivity contribution in [3.8, 4) is 11.1 Å². The van der Waals surface area contributed by atoms with Gasteiger partial charge in [-0.3, -0.25) is 4.21 Å². The first-order valence-corrected chi connectivity index (χ1v) is 12.6. The van der Waals surface area contributed by atoms with E-state index in [-0.39, 0.29) is 6.61 Å². The van der Waals surface area contributed by atoms with Gasteiger partial charge < -0.3 is 18.9 Å². The molecule has 2 N–H and O–H groups in total. The van der Waals surface area contributed by atoms with Crippen molar-refractivity contribution in [3.63, 3.8) is 0 Å². The maximum Gasteiger partial charge on any atom is 0.134 e. The van der Waals surface area contributed by atoms with E-state index < -0.39 is 11.3 Å². The summed E-state index contributed by atoms with van der Waals surface area (Å²) in [7, 11) is 0. The molecular formula is C23H23ClN3O3S2-. The Bertz CT molecular complexity index is 1250. The SMILES string of the molecule is CCCCc1nc(CO)c(Cl)n1Cc1ccc(-c2c(NS(=O)[O-])sc3ccccc23)cc1. The van der Waals surface area contributed by atoms with Gasteiger partial charge in [0.2, 0.25) is 0 Å². The minimum Gasteiger partial charge on any atom is -0.755 e. The first-order chi connectivity index (χ1) is 15.5. The number of aromatic nitrogens is 2. The van der Waals surface area contributed by atoms with E-state index in [0.29, 0.717) is 22.4 Å². The van der Waals surface area contributed by atoms with Gasteiger partial charge in [-0.15, -0.1) is 11.3 Å². The normalized spacial score (nSPS) is 12.4. The summed E-state index contributed by atoms with van der Waals surface area (Å²) >= 11 is 5.49. The Morgan fingerprint density at radius 1 is 1.22 bits per heavy atom. The molecule has 32 heavy (non-hydrogen) atoms. The lowest BCUT2D eigenvalue weighted by Crippen LogP contribution is -2.06. The Morgan fingerprint density at radius 3 is 2.66 bits per heavy atom. The van der Waals surface area contributed by atoms with Crippen molar-refractivity contribution < 1.29 is 13.9 Å². The number of rotatable bonds is 9. The molecule has 6 nitrogen and oxygen atoms in total. The van der Waals surface area contributed by atoms with Crippen molar-refractivity contribution in [2.45, 2.75) is 39.3 Å². The second-order valence-electron chi connectivity index (χ2n) is 7.45. The predicted octanol–water partition coefficient (Wildman–Crippen LogP) is 5.51. The summed E-state index contributed by atoms with van der Waals surface area (Å²) in [5, 5.41) is 11.6. The maximum absolute atomic E-state index is 11.3. The molecule has 0 aliphatic heterocycles. The zero-order valence-corrected chi connectivity index (χ0v) is 19.9. The number of thiophene rings is 1. The minimum atomic E-state index is -2.40. The Balaban J connectivity index is 1.67. The second kappa shape index (κ2) is 10.1. The zero-order chi connectivity index (χ0) is 22.7.